The van der Waals surface area contributed by atoms with Crippen LogP contribution in [0.3, 0.4) is 0 Å². The summed E-state index contributed by atoms with van der Waals surface area (Å²) in [4.78, 5) is 2.57. The van der Waals surface area contributed by atoms with Crippen LogP contribution in [0.1, 0.15) is 40.0 Å². The molecule has 3 unspecified atom stereocenters. The van der Waals surface area contributed by atoms with Crippen LogP contribution < -0.4 is 5.73 Å². The van der Waals surface area contributed by atoms with Crippen molar-refractivity contribution in [1.29, 1.82) is 0 Å². The zero-order valence-corrected chi connectivity index (χ0v) is 10.9. The van der Waals surface area contributed by atoms with Crippen LogP contribution >= 0.6 is 0 Å². The van der Waals surface area contributed by atoms with Gasteiger partial charge in [-0.15, -0.1) is 0 Å². The van der Waals surface area contributed by atoms with Gasteiger partial charge >= 0.3 is 0 Å². The van der Waals surface area contributed by atoms with Gasteiger partial charge in [-0.25, -0.2) is 0 Å². The van der Waals surface area contributed by atoms with Crippen molar-refractivity contribution in [3.05, 3.63) is 0 Å². The Morgan fingerprint density at radius 2 is 1.69 bits per heavy atom. The molecule has 0 bridgehead atoms. The summed E-state index contributed by atoms with van der Waals surface area (Å²) in [6.45, 7) is 8.79. The second-order valence-corrected chi connectivity index (χ2v) is 5.86. The summed E-state index contributed by atoms with van der Waals surface area (Å²) in [7, 11) is 0. The first kappa shape index (κ1) is 12.3. The van der Waals surface area contributed by atoms with Gasteiger partial charge < -0.3 is 10.5 Å². The van der Waals surface area contributed by atoms with E-state index in [2.05, 4.69) is 25.7 Å². The number of morpholine rings is 1. The normalized spacial score (nSPS) is 46.9. The molecular weight excluding hydrogens is 200 g/mol. The molecule has 5 atom stereocenters. The van der Waals surface area contributed by atoms with Gasteiger partial charge in [0.15, 0.2) is 0 Å². The van der Waals surface area contributed by atoms with Gasteiger partial charge in [0.05, 0.1) is 12.2 Å². The van der Waals surface area contributed by atoms with Crippen molar-refractivity contribution in [2.24, 2.45) is 11.7 Å². The first-order valence-corrected chi connectivity index (χ1v) is 6.71. The molecule has 2 N–H and O–H groups in total. The Labute approximate surface area is 99.3 Å². The molecule has 0 aromatic rings. The Morgan fingerprint density at radius 1 is 1.06 bits per heavy atom. The van der Waals surface area contributed by atoms with Gasteiger partial charge in [-0.1, -0.05) is 6.92 Å². The van der Waals surface area contributed by atoms with Crippen molar-refractivity contribution < 1.29 is 4.74 Å². The molecule has 0 amide bonds. The van der Waals surface area contributed by atoms with Crippen LogP contribution in [0.15, 0.2) is 0 Å². The standard InChI is InChI=1S/C13H26N2O/c1-9-4-5-12(14)13(6-9)15-7-10(2)16-11(3)8-15/h9-13H,4-8,14H2,1-3H3/t9?,10-,11+,12?,13?. The highest BCUT2D eigenvalue weighted by Gasteiger charge is 2.34. The molecule has 3 heteroatoms. The lowest BCUT2D eigenvalue weighted by Gasteiger charge is -2.45. The predicted molar refractivity (Wildman–Crippen MR) is 66.4 cm³/mol. The van der Waals surface area contributed by atoms with Crippen LogP contribution in [0.2, 0.25) is 0 Å². The monoisotopic (exact) mass is 226 g/mol. The maximum absolute atomic E-state index is 6.28. The van der Waals surface area contributed by atoms with Gasteiger partial charge in [-0.2, -0.15) is 0 Å². The third-order valence-corrected chi connectivity index (χ3v) is 4.05. The summed E-state index contributed by atoms with van der Waals surface area (Å²) < 4.78 is 5.79. The first-order valence-electron chi connectivity index (χ1n) is 6.71. The van der Waals surface area contributed by atoms with Crippen LogP contribution in [-0.4, -0.2) is 42.3 Å². The number of rotatable bonds is 1. The van der Waals surface area contributed by atoms with Crippen LogP contribution in [0.5, 0.6) is 0 Å². The highest BCUT2D eigenvalue weighted by atomic mass is 16.5. The quantitative estimate of drug-likeness (QED) is 0.738. The average Bonchev–Trinajstić information content (AvgIpc) is 2.20. The average molecular weight is 226 g/mol. The maximum atomic E-state index is 6.28. The van der Waals surface area contributed by atoms with Gasteiger partial charge in [0.2, 0.25) is 0 Å². The van der Waals surface area contributed by atoms with Gasteiger partial charge in [0.25, 0.3) is 0 Å². The van der Waals surface area contributed by atoms with E-state index in [0.29, 0.717) is 24.3 Å². The van der Waals surface area contributed by atoms with E-state index in [9.17, 15) is 0 Å². The molecule has 1 saturated carbocycles. The van der Waals surface area contributed by atoms with E-state index in [-0.39, 0.29) is 0 Å². The first-order chi connectivity index (χ1) is 7.56. The van der Waals surface area contributed by atoms with Crippen molar-refractivity contribution in [3.8, 4) is 0 Å². The van der Waals surface area contributed by atoms with Crippen molar-refractivity contribution in [1.82, 2.24) is 4.90 Å². The Balaban J connectivity index is 1.99. The maximum Gasteiger partial charge on any atom is 0.0678 e. The van der Waals surface area contributed by atoms with E-state index in [1.807, 2.05) is 0 Å². The molecule has 94 valence electrons. The van der Waals surface area contributed by atoms with Crippen molar-refractivity contribution >= 4 is 0 Å². The summed E-state index contributed by atoms with van der Waals surface area (Å²) >= 11 is 0. The number of hydrogen-bond acceptors (Lipinski definition) is 3. The largest absolute Gasteiger partial charge is 0.373 e. The van der Waals surface area contributed by atoms with E-state index in [1.54, 1.807) is 0 Å². The molecule has 3 nitrogen and oxygen atoms in total. The van der Waals surface area contributed by atoms with Gasteiger partial charge in [-0.05, 0) is 39.0 Å². The van der Waals surface area contributed by atoms with Crippen molar-refractivity contribution in [2.45, 2.75) is 64.3 Å². The number of ether oxygens (including phenoxy) is 1. The molecule has 1 aliphatic heterocycles. The van der Waals surface area contributed by atoms with Crippen LogP contribution in [0.25, 0.3) is 0 Å². The van der Waals surface area contributed by atoms with E-state index >= 15 is 0 Å². The molecule has 2 aliphatic rings. The van der Waals surface area contributed by atoms with Crippen LogP contribution in [0, 0.1) is 5.92 Å². The highest BCUT2D eigenvalue weighted by molar-refractivity contribution is 4.90. The smallest absolute Gasteiger partial charge is 0.0678 e. The summed E-state index contributed by atoms with van der Waals surface area (Å²) in [5.74, 6) is 0.832. The lowest BCUT2D eigenvalue weighted by Crippen LogP contribution is -2.57. The molecule has 0 spiro atoms. The lowest BCUT2D eigenvalue weighted by atomic mass is 9.82. The SMILES string of the molecule is CC1CCC(N)C(N2C[C@@H](C)O[C@@H](C)C2)C1. The zero-order chi connectivity index (χ0) is 11.7. The second-order valence-electron chi connectivity index (χ2n) is 5.86. The summed E-state index contributed by atoms with van der Waals surface area (Å²) in [6.07, 6.45) is 4.46. The number of nitrogens with two attached hydrogens (primary N) is 1. The van der Waals surface area contributed by atoms with Gasteiger partial charge in [0, 0.05) is 25.2 Å². The molecule has 1 saturated heterocycles. The third kappa shape index (κ3) is 2.76. The molecule has 16 heavy (non-hydrogen) atoms. The molecule has 0 radical (unpaired) electrons. The Morgan fingerprint density at radius 3 is 2.31 bits per heavy atom. The minimum absolute atomic E-state index is 0.355. The molecule has 2 rings (SSSR count). The molecular formula is C13H26N2O. The lowest BCUT2D eigenvalue weighted by molar-refractivity contribution is -0.0882. The molecule has 1 heterocycles. The fraction of sp³-hybridized carbons (Fsp3) is 1.00. The second kappa shape index (κ2) is 5.03. The van der Waals surface area contributed by atoms with Crippen LogP contribution in [0.4, 0.5) is 0 Å². The van der Waals surface area contributed by atoms with Gasteiger partial charge in [0.1, 0.15) is 0 Å². The highest BCUT2D eigenvalue weighted by Crippen LogP contribution is 2.28. The molecule has 2 fully saturated rings. The fourth-order valence-corrected chi connectivity index (χ4v) is 3.28. The van der Waals surface area contributed by atoms with E-state index < -0.39 is 0 Å². The third-order valence-electron chi connectivity index (χ3n) is 4.05. The van der Waals surface area contributed by atoms with E-state index in [1.165, 1.54) is 19.3 Å². The molecule has 0 aromatic heterocycles. The summed E-state index contributed by atoms with van der Waals surface area (Å²) in [5.41, 5.74) is 6.28. The Kier molecular flexibility index (Phi) is 3.88. The zero-order valence-electron chi connectivity index (χ0n) is 10.9. The molecule has 0 aromatic carbocycles. The Hall–Kier alpha value is -0.120. The minimum atomic E-state index is 0.355. The van der Waals surface area contributed by atoms with E-state index in [4.69, 9.17) is 10.5 Å². The molecule has 1 aliphatic carbocycles. The minimum Gasteiger partial charge on any atom is -0.373 e. The number of hydrogen-bond donors (Lipinski definition) is 1. The van der Waals surface area contributed by atoms with Gasteiger partial charge in [-0.3, -0.25) is 4.90 Å². The topological polar surface area (TPSA) is 38.5 Å². The van der Waals surface area contributed by atoms with Crippen molar-refractivity contribution in [2.75, 3.05) is 13.1 Å². The summed E-state index contributed by atoms with van der Waals surface area (Å²) in [5, 5.41) is 0. The Bertz CT molecular complexity index is 224. The van der Waals surface area contributed by atoms with E-state index in [0.717, 1.165) is 19.0 Å². The predicted octanol–water partition coefficient (Wildman–Crippen LogP) is 1.61. The van der Waals surface area contributed by atoms with Crippen LogP contribution in [-0.2, 0) is 4.74 Å². The summed E-state index contributed by atoms with van der Waals surface area (Å²) in [6, 6.07) is 0.950. The van der Waals surface area contributed by atoms with Crippen molar-refractivity contribution in [3.63, 3.8) is 0 Å². The number of nitrogens with zero attached hydrogens (tertiary/aromatic N) is 1. The fourth-order valence-electron chi connectivity index (χ4n) is 3.28.